The van der Waals surface area contributed by atoms with Crippen LogP contribution in [-0.2, 0) is 35.2 Å². The molecule has 212 valence electrons. The summed E-state index contributed by atoms with van der Waals surface area (Å²) in [5.41, 5.74) is -0.660. The van der Waals surface area contributed by atoms with E-state index in [9.17, 15) is 39.2 Å². The number of benzene rings is 1. The third-order valence-corrected chi connectivity index (χ3v) is 6.11. The van der Waals surface area contributed by atoms with Gasteiger partial charge in [0.2, 0.25) is 5.91 Å². The lowest BCUT2D eigenvalue weighted by molar-refractivity contribution is -0.384. The molecule has 3 rings (SSSR count). The first-order valence-electron chi connectivity index (χ1n) is 12.1. The largest absolute Gasteiger partial charge is 0.457 e. The fourth-order valence-corrected chi connectivity index (χ4v) is 4.52. The second-order valence-corrected chi connectivity index (χ2v) is 9.67. The molecule has 0 saturated carbocycles. The molecule has 3 amide bonds. The Morgan fingerprint density at radius 3 is 2.23 bits per heavy atom. The predicted octanol–water partition coefficient (Wildman–Crippen LogP) is 1.41. The number of rotatable bonds is 8. The maximum Gasteiger partial charge on any atom is 0.432 e. The fourth-order valence-electron chi connectivity index (χ4n) is 4.52. The fraction of sp³-hybridized carbons (Fsp3) is 0.542. The maximum atomic E-state index is 13.7. The van der Waals surface area contributed by atoms with Gasteiger partial charge in [-0.25, -0.2) is 19.8 Å². The van der Waals surface area contributed by atoms with Crippen LogP contribution in [0.3, 0.4) is 0 Å². The first kappa shape index (κ1) is 29.3. The number of nitrogens with zero attached hydrogens (tertiary/aromatic N) is 3. The SMILES string of the molecule is CC(C)OC(=O)NN(C(=O)OC(C)C)[C@@]1(C(=O)OCc2ccc([N+](=O)[O-])cc2)C(=O)C[C@@H]2[C@@H]([C@@H](C)O)C(=O)N21. The van der Waals surface area contributed by atoms with E-state index in [1.807, 2.05) is 0 Å². The smallest absolute Gasteiger partial charge is 0.432 e. The van der Waals surface area contributed by atoms with Crippen LogP contribution in [0.15, 0.2) is 24.3 Å². The van der Waals surface area contributed by atoms with Crippen LogP contribution >= 0.6 is 0 Å². The first-order chi connectivity index (χ1) is 18.2. The number of ether oxygens (including phenoxy) is 3. The molecule has 0 unspecified atom stereocenters. The molecule has 4 atom stereocenters. The number of carbonyl (C=O) groups excluding carboxylic acids is 5. The van der Waals surface area contributed by atoms with Gasteiger partial charge in [0, 0.05) is 18.6 Å². The van der Waals surface area contributed by atoms with Gasteiger partial charge < -0.3 is 19.3 Å². The number of fused-ring (bicyclic) bond motifs is 1. The third kappa shape index (κ3) is 5.48. The molecule has 0 spiro atoms. The van der Waals surface area contributed by atoms with E-state index in [1.54, 1.807) is 0 Å². The van der Waals surface area contributed by atoms with Gasteiger partial charge in [0.15, 0.2) is 5.78 Å². The number of nitrogens with one attached hydrogen (secondary N) is 1. The van der Waals surface area contributed by atoms with Crippen LogP contribution in [0.25, 0.3) is 0 Å². The Balaban J connectivity index is 2.05. The molecule has 0 bridgehead atoms. The number of β-lactam (4-membered cyclic amide) rings is 1. The Hall–Kier alpha value is -4.27. The van der Waals surface area contributed by atoms with E-state index in [0.29, 0.717) is 5.56 Å². The molecular formula is C24H30N4O11. The van der Waals surface area contributed by atoms with Crippen molar-refractivity contribution in [2.45, 2.75) is 77.7 Å². The summed E-state index contributed by atoms with van der Waals surface area (Å²) in [6.07, 6.45) is -5.59. The van der Waals surface area contributed by atoms with Crippen molar-refractivity contribution in [3.8, 4) is 0 Å². The summed E-state index contributed by atoms with van der Waals surface area (Å²) in [5.74, 6) is -4.22. The summed E-state index contributed by atoms with van der Waals surface area (Å²) in [6, 6.07) is 4.02. The number of nitro groups is 1. The van der Waals surface area contributed by atoms with Crippen LogP contribution in [-0.4, -0.2) is 79.8 Å². The summed E-state index contributed by atoms with van der Waals surface area (Å²) >= 11 is 0. The van der Waals surface area contributed by atoms with Crippen molar-refractivity contribution in [3.05, 3.63) is 39.9 Å². The second kappa shape index (κ2) is 11.2. The highest BCUT2D eigenvalue weighted by atomic mass is 16.6. The van der Waals surface area contributed by atoms with E-state index >= 15 is 0 Å². The lowest BCUT2D eigenvalue weighted by Gasteiger charge is -2.51. The lowest BCUT2D eigenvalue weighted by atomic mass is 9.83. The van der Waals surface area contributed by atoms with Crippen molar-refractivity contribution in [3.63, 3.8) is 0 Å². The summed E-state index contributed by atoms with van der Waals surface area (Å²) in [6.45, 7) is 6.86. The molecule has 15 heteroatoms. The van der Waals surface area contributed by atoms with Crippen LogP contribution in [0.1, 0.15) is 46.6 Å². The molecule has 2 saturated heterocycles. The molecule has 39 heavy (non-hydrogen) atoms. The number of amides is 3. The van der Waals surface area contributed by atoms with Crippen LogP contribution in [0.5, 0.6) is 0 Å². The Labute approximate surface area is 223 Å². The minimum Gasteiger partial charge on any atom is -0.457 e. The zero-order valence-corrected chi connectivity index (χ0v) is 22.0. The Bertz CT molecular complexity index is 1170. The van der Waals surface area contributed by atoms with Crippen LogP contribution in [0.2, 0.25) is 0 Å². The second-order valence-electron chi connectivity index (χ2n) is 9.67. The molecule has 2 N–H and O–H groups in total. The molecule has 1 aromatic rings. The molecule has 2 aliphatic heterocycles. The average Bonchev–Trinajstić information content (AvgIpc) is 3.08. The topological polar surface area (TPSA) is 195 Å². The average molecular weight is 551 g/mol. The number of esters is 1. The van der Waals surface area contributed by atoms with Crippen LogP contribution in [0.4, 0.5) is 15.3 Å². The van der Waals surface area contributed by atoms with Crippen molar-refractivity contribution in [1.82, 2.24) is 15.3 Å². The Morgan fingerprint density at radius 1 is 1.13 bits per heavy atom. The van der Waals surface area contributed by atoms with Crippen molar-refractivity contribution >= 4 is 35.5 Å². The highest BCUT2D eigenvalue weighted by molar-refractivity contribution is 6.17. The van der Waals surface area contributed by atoms with Gasteiger partial charge in [0.05, 0.1) is 35.2 Å². The molecule has 15 nitrogen and oxygen atoms in total. The molecule has 0 radical (unpaired) electrons. The van der Waals surface area contributed by atoms with Gasteiger partial charge in [-0.05, 0) is 52.3 Å². The molecule has 0 aromatic heterocycles. The van der Waals surface area contributed by atoms with Gasteiger partial charge in [-0.1, -0.05) is 0 Å². The number of carbonyl (C=O) groups is 5. The maximum absolute atomic E-state index is 13.7. The quantitative estimate of drug-likeness (QED) is 0.119. The summed E-state index contributed by atoms with van der Waals surface area (Å²) in [5, 5.41) is 21.3. The van der Waals surface area contributed by atoms with E-state index < -0.39 is 83.7 Å². The third-order valence-electron chi connectivity index (χ3n) is 6.11. The zero-order valence-electron chi connectivity index (χ0n) is 22.0. The Kier molecular flexibility index (Phi) is 8.43. The Morgan fingerprint density at radius 2 is 1.72 bits per heavy atom. The standard InChI is InChI=1S/C24H30N4O11/c1-12(2)38-22(33)25-27(23(34)39-13(3)4)24(18(30)10-17-19(14(5)29)20(31)26(17)24)21(32)37-11-15-6-8-16(9-7-15)28(35)36/h6-9,12-14,17,19,29H,10-11H2,1-5H3,(H,25,33)/t14-,17-,19-,24-/m1/s1. The molecule has 2 fully saturated rings. The highest BCUT2D eigenvalue weighted by Gasteiger charge is 2.74. The minimum atomic E-state index is -2.81. The summed E-state index contributed by atoms with van der Waals surface area (Å²) < 4.78 is 15.5. The first-order valence-corrected chi connectivity index (χ1v) is 12.1. The monoisotopic (exact) mass is 550 g/mol. The predicted molar refractivity (Wildman–Crippen MR) is 129 cm³/mol. The molecular weight excluding hydrogens is 520 g/mol. The van der Waals surface area contributed by atoms with E-state index in [0.717, 1.165) is 4.90 Å². The number of hydrogen-bond donors (Lipinski definition) is 2. The van der Waals surface area contributed by atoms with E-state index in [4.69, 9.17) is 14.2 Å². The van der Waals surface area contributed by atoms with Crippen molar-refractivity contribution in [2.75, 3.05) is 0 Å². The normalized spacial score (nSPS) is 22.6. The number of hydrogen-bond acceptors (Lipinski definition) is 11. The molecule has 2 aliphatic rings. The van der Waals surface area contributed by atoms with Gasteiger partial charge in [-0.15, -0.1) is 0 Å². The summed E-state index contributed by atoms with van der Waals surface area (Å²) in [4.78, 5) is 77.3. The van der Waals surface area contributed by atoms with E-state index in [2.05, 4.69) is 5.43 Å². The minimum absolute atomic E-state index is 0.207. The van der Waals surface area contributed by atoms with Crippen LogP contribution in [0, 0.1) is 16.0 Å². The number of Topliss-reactive ketones (excluding diaryl/α,β-unsaturated/α-hetero) is 1. The number of nitro benzene ring substituents is 1. The van der Waals surface area contributed by atoms with Crippen molar-refractivity contribution in [2.24, 2.45) is 5.92 Å². The van der Waals surface area contributed by atoms with E-state index in [-0.39, 0.29) is 10.7 Å². The van der Waals surface area contributed by atoms with Crippen molar-refractivity contribution < 1.29 is 48.2 Å². The zero-order chi connectivity index (χ0) is 29.2. The molecule has 2 heterocycles. The van der Waals surface area contributed by atoms with Crippen molar-refractivity contribution in [1.29, 1.82) is 0 Å². The van der Waals surface area contributed by atoms with Gasteiger partial charge >= 0.3 is 18.2 Å². The lowest BCUT2D eigenvalue weighted by Crippen LogP contribution is -2.79. The molecule has 0 aliphatic carbocycles. The van der Waals surface area contributed by atoms with Crippen LogP contribution < -0.4 is 5.43 Å². The number of non-ortho nitro benzene ring substituents is 1. The van der Waals surface area contributed by atoms with E-state index in [1.165, 1.54) is 58.9 Å². The number of aliphatic hydroxyl groups is 1. The highest BCUT2D eigenvalue weighted by Crippen LogP contribution is 2.47. The molecule has 1 aromatic carbocycles. The number of ketones is 1. The number of hydrazine groups is 1. The van der Waals surface area contributed by atoms with Gasteiger partial charge in [0.1, 0.15) is 6.61 Å². The van der Waals surface area contributed by atoms with Gasteiger partial charge in [-0.3, -0.25) is 24.6 Å². The van der Waals surface area contributed by atoms with Gasteiger partial charge in [-0.2, -0.15) is 5.01 Å². The summed E-state index contributed by atoms with van der Waals surface area (Å²) in [7, 11) is 0. The van der Waals surface area contributed by atoms with Gasteiger partial charge in [0.25, 0.3) is 11.4 Å². The number of aliphatic hydroxyl groups excluding tert-OH is 1.